The van der Waals surface area contributed by atoms with Crippen LogP contribution in [0, 0.1) is 0 Å². The number of hydrogen-bond acceptors (Lipinski definition) is 4. The Morgan fingerprint density at radius 2 is 1.84 bits per heavy atom. The number of amides is 1. The van der Waals surface area contributed by atoms with Crippen molar-refractivity contribution in [2.45, 2.75) is 110 Å². The Balaban J connectivity index is 0.00000124. The zero-order valence-electron chi connectivity index (χ0n) is 24.0. The Labute approximate surface area is 224 Å². The van der Waals surface area contributed by atoms with Crippen LogP contribution < -0.4 is 16.1 Å². The minimum absolute atomic E-state index is 0.0361. The predicted molar refractivity (Wildman–Crippen MR) is 151 cm³/mol. The number of hydrogen-bond donors (Lipinski definition) is 4. The number of nitrogens with one attached hydrogen (secondary N) is 3. The molecular weight excluding hydrogens is 472 g/mol. The summed E-state index contributed by atoms with van der Waals surface area (Å²) >= 11 is 0. The highest BCUT2D eigenvalue weighted by Crippen LogP contribution is 2.38. The molecule has 5 nitrogen and oxygen atoms in total. The zero-order valence-corrected chi connectivity index (χ0v) is 24.0. The average Bonchev–Trinajstić information content (AvgIpc) is 2.88. The van der Waals surface area contributed by atoms with Crippen molar-refractivity contribution in [2.24, 2.45) is 0 Å². The van der Waals surface area contributed by atoms with Crippen molar-refractivity contribution in [1.29, 1.82) is 0 Å². The van der Waals surface area contributed by atoms with Gasteiger partial charge in [0.15, 0.2) is 0 Å². The molecule has 1 fully saturated rings. The van der Waals surface area contributed by atoms with E-state index in [4.69, 9.17) is 0 Å². The summed E-state index contributed by atoms with van der Waals surface area (Å²) in [7, 11) is 0. The fourth-order valence-corrected chi connectivity index (χ4v) is 4.28. The number of rotatable bonds is 9. The van der Waals surface area contributed by atoms with Crippen LogP contribution in [0.15, 0.2) is 48.8 Å². The molecule has 212 valence electrons. The average molecular weight is 524 g/mol. The third kappa shape index (κ3) is 13.9. The van der Waals surface area contributed by atoms with Crippen molar-refractivity contribution in [1.82, 2.24) is 16.1 Å². The topological polar surface area (TPSA) is 73.4 Å². The number of allylic oxidation sites excluding steroid dienone is 3. The normalized spacial score (nSPS) is 20.5. The van der Waals surface area contributed by atoms with Gasteiger partial charge >= 0.3 is 0 Å². The first-order chi connectivity index (χ1) is 17.5. The summed E-state index contributed by atoms with van der Waals surface area (Å²) in [6, 6.07) is 9.34. The van der Waals surface area contributed by atoms with Crippen LogP contribution in [0.25, 0.3) is 0 Å². The summed E-state index contributed by atoms with van der Waals surface area (Å²) in [4.78, 5) is 11.4. The number of benzene rings is 1. The van der Waals surface area contributed by atoms with E-state index in [1.54, 1.807) is 6.92 Å². The number of hydroxylamine groups is 1. The lowest BCUT2D eigenvalue weighted by molar-refractivity contribution is -0.119. The highest BCUT2D eigenvalue weighted by atomic mass is 19.1. The number of alkyl halides is 1. The van der Waals surface area contributed by atoms with E-state index in [2.05, 4.69) is 68.1 Å². The van der Waals surface area contributed by atoms with Crippen molar-refractivity contribution in [3.63, 3.8) is 0 Å². The number of carbonyl (C=O) groups is 1. The standard InChI is InChI=1S/C23H39N3O2.C4H8.C3H4F2/c1-6-20(25-17(2)27)12-15-24-23(13-10-21(26-28)11-14-23)19-9-7-8-18(16-19)22(3,4)5;1-3-4-2;4-2-1-3-5/h7-9,16,20-21,24,26,28H,6,10-15H2,1-5H3,(H,25,27);3-4H,1-2H3;1-2H,3H2/b;4-3-;2-1+/t20-,21?,23?;;/m0../s1. The van der Waals surface area contributed by atoms with E-state index in [0.717, 1.165) is 51.1 Å². The second kappa shape index (κ2) is 19.0. The predicted octanol–water partition coefficient (Wildman–Crippen LogP) is 7.02. The maximum absolute atomic E-state index is 11.4. The molecule has 0 aromatic heterocycles. The van der Waals surface area contributed by atoms with Crippen LogP contribution in [-0.4, -0.2) is 36.4 Å². The molecule has 1 atom stereocenters. The maximum atomic E-state index is 11.4. The molecular formula is C30H51F2N3O2. The van der Waals surface area contributed by atoms with Crippen molar-refractivity contribution in [3.8, 4) is 0 Å². The Bertz CT molecular complexity index is 794. The molecule has 0 heterocycles. The Hall–Kier alpha value is -2.09. The molecule has 0 spiro atoms. The molecule has 1 saturated carbocycles. The first-order valence-corrected chi connectivity index (χ1v) is 13.4. The van der Waals surface area contributed by atoms with E-state index in [1.807, 2.05) is 26.0 Å². The van der Waals surface area contributed by atoms with Gasteiger partial charge in [0.25, 0.3) is 0 Å². The van der Waals surface area contributed by atoms with E-state index in [1.165, 1.54) is 11.1 Å². The van der Waals surface area contributed by atoms with Crippen LogP contribution in [0.1, 0.15) is 98.1 Å². The van der Waals surface area contributed by atoms with Crippen LogP contribution in [-0.2, 0) is 15.7 Å². The third-order valence-corrected chi connectivity index (χ3v) is 6.67. The van der Waals surface area contributed by atoms with Gasteiger partial charge in [0, 0.05) is 24.5 Å². The van der Waals surface area contributed by atoms with E-state index in [9.17, 15) is 18.8 Å². The molecule has 1 aromatic rings. The summed E-state index contributed by atoms with van der Waals surface area (Å²) in [6.07, 6.45) is 10.7. The van der Waals surface area contributed by atoms with Crippen LogP contribution in [0.2, 0.25) is 0 Å². The van der Waals surface area contributed by atoms with Gasteiger partial charge in [-0.05, 0) is 81.5 Å². The van der Waals surface area contributed by atoms with Gasteiger partial charge in [-0.2, -0.15) is 0 Å². The molecule has 1 aliphatic rings. The molecule has 0 radical (unpaired) electrons. The van der Waals surface area contributed by atoms with E-state index in [-0.39, 0.29) is 35.3 Å². The number of carbonyl (C=O) groups excluding carboxylic acids is 1. The molecule has 2 rings (SSSR count). The first kappa shape index (κ1) is 34.9. The van der Waals surface area contributed by atoms with Gasteiger partial charge in [0.1, 0.15) is 6.67 Å². The summed E-state index contributed by atoms with van der Waals surface area (Å²) in [5.74, 6) is 0.0361. The van der Waals surface area contributed by atoms with Gasteiger partial charge in [-0.3, -0.25) is 4.79 Å². The monoisotopic (exact) mass is 523 g/mol. The van der Waals surface area contributed by atoms with Crippen LogP contribution in [0.3, 0.4) is 0 Å². The second-order valence-corrected chi connectivity index (χ2v) is 10.5. The highest BCUT2D eigenvalue weighted by Gasteiger charge is 2.37. The summed E-state index contributed by atoms with van der Waals surface area (Å²) in [5.41, 5.74) is 5.17. The van der Waals surface area contributed by atoms with Crippen molar-refractivity contribution in [2.75, 3.05) is 13.2 Å². The molecule has 0 saturated heterocycles. The molecule has 4 N–H and O–H groups in total. The summed E-state index contributed by atoms with van der Waals surface area (Å²) in [5, 5.41) is 16.2. The molecule has 37 heavy (non-hydrogen) atoms. The fraction of sp³-hybridized carbons (Fsp3) is 0.633. The number of halogens is 2. The second-order valence-electron chi connectivity index (χ2n) is 10.5. The zero-order chi connectivity index (χ0) is 28.3. The van der Waals surface area contributed by atoms with Gasteiger partial charge < -0.3 is 15.8 Å². The van der Waals surface area contributed by atoms with E-state index >= 15 is 0 Å². The van der Waals surface area contributed by atoms with Gasteiger partial charge in [0.05, 0.1) is 6.33 Å². The Morgan fingerprint density at radius 1 is 1.22 bits per heavy atom. The summed E-state index contributed by atoms with van der Waals surface area (Å²) in [6.45, 7) is 14.6. The van der Waals surface area contributed by atoms with Gasteiger partial charge in [-0.15, -0.1) is 0 Å². The Kier molecular flexibility index (Phi) is 18.0. The van der Waals surface area contributed by atoms with Crippen molar-refractivity contribution < 1.29 is 18.8 Å². The van der Waals surface area contributed by atoms with Crippen molar-refractivity contribution in [3.05, 3.63) is 60.0 Å². The maximum Gasteiger partial charge on any atom is 0.217 e. The molecule has 0 unspecified atom stereocenters. The molecule has 1 amide bonds. The largest absolute Gasteiger partial charge is 0.354 e. The van der Waals surface area contributed by atoms with Crippen molar-refractivity contribution >= 4 is 5.91 Å². The first-order valence-electron chi connectivity index (χ1n) is 13.4. The van der Waals surface area contributed by atoms with Gasteiger partial charge in [-0.25, -0.2) is 14.3 Å². The van der Waals surface area contributed by atoms with E-state index in [0.29, 0.717) is 0 Å². The van der Waals surface area contributed by atoms with Crippen LogP contribution in [0.5, 0.6) is 0 Å². The molecule has 1 aliphatic carbocycles. The van der Waals surface area contributed by atoms with Crippen LogP contribution in [0.4, 0.5) is 8.78 Å². The van der Waals surface area contributed by atoms with E-state index < -0.39 is 6.67 Å². The third-order valence-electron chi connectivity index (χ3n) is 6.67. The molecule has 7 heteroatoms. The lowest BCUT2D eigenvalue weighted by atomic mass is 9.73. The Morgan fingerprint density at radius 3 is 2.24 bits per heavy atom. The summed E-state index contributed by atoms with van der Waals surface area (Å²) < 4.78 is 21.2. The lowest BCUT2D eigenvalue weighted by Crippen LogP contribution is -2.49. The SMILES string of the molecule is C/C=C\C.CC[C@@H](CCNC1(c2cccc(C(C)(C)C)c2)CCC(NO)CC1)NC(C)=O.F/C=C/CF. The fourth-order valence-electron chi connectivity index (χ4n) is 4.28. The minimum atomic E-state index is -0.712. The highest BCUT2D eigenvalue weighted by molar-refractivity contribution is 5.73. The molecule has 0 aliphatic heterocycles. The molecule has 1 aromatic carbocycles. The van der Waals surface area contributed by atoms with Crippen LogP contribution >= 0.6 is 0 Å². The van der Waals surface area contributed by atoms with Gasteiger partial charge in [0.2, 0.25) is 5.91 Å². The smallest absolute Gasteiger partial charge is 0.217 e. The minimum Gasteiger partial charge on any atom is -0.354 e. The lowest BCUT2D eigenvalue weighted by Gasteiger charge is -2.42. The molecule has 0 bridgehead atoms. The quantitative estimate of drug-likeness (QED) is 0.207. The van der Waals surface area contributed by atoms with Gasteiger partial charge in [-0.1, -0.05) is 64.1 Å².